The molecule has 0 heterocycles. The second-order valence-electron chi connectivity index (χ2n) is 5.97. The van der Waals surface area contributed by atoms with Gasteiger partial charge in [-0.05, 0) is 37.1 Å². The van der Waals surface area contributed by atoms with Gasteiger partial charge in [-0.15, -0.1) is 0 Å². The number of hydrogen-bond acceptors (Lipinski definition) is 3. The molecule has 0 aliphatic carbocycles. The van der Waals surface area contributed by atoms with Crippen LogP contribution in [0.3, 0.4) is 0 Å². The highest BCUT2D eigenvalue weighted by Crippen LogP contribution is 2.15. The molecular formula is C16H24N2O3. The fourth-order valence-electron chi connectivity index (χ4n) is 1.59. The molecule has 0 radical (unpaired) electrons. The van der Waals surface area contributed by atoms with Crippen LogP contribution in [0.2, 0.25) is 0 Å². The average molecular weight is 292 g/mol. The van der Waals surface area contributed by atoms with Gasteiger partial charge in [0.1, 0.15) is 0 Å². The highest BCUT2D eigenvalue weighted by Gasteiger charge is 2.25. The van der Waals surface area contributed by atoms with Crippen LogP contribution in [-0.2, 0) is 0 Å². The van der Waals surface area contributed by atoms with E-state index in [1.165, 1.54) is 4.90 Å². The summed E-state index contributed by atoms with van der Waals surface area (Å²) in [5, 5.41) is 12.8. The smallest absolute Gasteiger partial charge is 0.253 e. The van der Waals surface area contributed by atoms with Gasteiger partial charge in [0.2, 0.25) is 0 Å². The Morgan fingerprint density at radius 1 is 1.19 bits per heavy atom. The quantitative estimate of drug-likeness (QED) is 0.864. The molecule has 0 aliphatic rings. The molecule has 5 heteroatoms. The first-order chi connectivity index (χ1) is 9.65. The van der Waals surface area contributed by atoms with Crippen molar-refractivity contribution in [3.05, 3.63) is 35.4 Å². The van der Waals surface area contributed by atoms with Crippen LogP contribution in [0.1, 0.15) is 41.5 Å². The Morgan fingerprint density at radius 3 is 2.10 bits per heavy atom. The highest BCUT2D eigenvalue weighted by atomic mass is 16.3. The molecule has 0 aliphatic heterocycles. The van der Waals surface area contributed by atoms with Gasteiger partial charge in [-0.2, -0.15) is 0 Å². The predicted octanol–water partition coefficient (Wildman–Crippen LogP) is 1.53. The summed E-state index contributed by atoms with van der Waals surface area (Å²) in [7, 11) is 3.36. The van der Waals surface area contributed by atoms with Gasteiger partial charge in [-0.3, -0.25) is 9.59 Å². The highest BCUT2D eigenvalue weighted by molar-refractivity contribution is 5.97. The first kappa shape index (κ1) is 17.2. The summed E-state index contributed by atoms with van der Waals surface area (Å²) in [5.74, 6) is -0.331. The minimum atomic E-state index is -0.948. The van der Waals surface area contributed by atoms with Gasteiger partial charge in [0.15, 0.2) is 0 Å². The van der Waals surface area contributed by atoms with E-state index in [-0.39, 0.29) is 24.3 Å². The fraction of sp³-hybridized carbons (Fsp3) is 0.500. The van der Waals surface area contributed by atoms with Gasteiger partial charge in [0.05, 0.1) is 5.60 Å². The van der Waals surface area contributed by atoms with Crippen LogP contribution in [0, 0.1) is 5.92 Å². The monoisotopic (exact) mass is 292 g/mol. The van der Waals surface area contributed by atoms with Crippen molar-refractivity contribution < 1.29 is 14.7 Å². The van der Waals surface area contributed by atoms with Crippen molar-refractivity contribution in [3.63, 3.8) is 0 Å². The van der Waals surface area contributed by atoms with Crippen molar-refractivity contribution in [1.29, 1.82) is 0 Å². The summed E-state index contributed by atoms with van der Waals surface area (Å²) in [6, 6.07) is 6.46. The molecular weight excluding hydrogens is 268 g/mol. The molecule has 0 saturated carbocycles. The minimum Gasteiger partial charge on any atom is -0.388 e. The zero-order valence-electron chi connectivity index (χ0n) is 13.3. The lowest BCUT2D eigenvalue weighted by Crippen LogP contribution is -2.44. The Hall–Kier alpha value is -1.88. The van der Waals surface area contributed by atoms with Crippen LogP contribution in [0.4, 0.5) is 0 Å². The van der Waals surface area contributed by atoms with Crippen LogP contribution in [0.15, 0.2) is 24.3 Å². The molecule has 1 unspecified atom stereocenters. The van der Waals surface area contributed by atoms with Crippen molar-refractivity contribution in [2.75, 3.05) is 20.6 Å². The summed E-state index contributed by atoms with van der Waals surface area (Å²) < 4.78 is 0. The average Bonchev–Trinajstić information content (AvgIpc) is 2.44. The molecule has 116 valence electrons. The lowest BCUT2D eigenvalue weighted by atomic mass is 9.92. The third-order valence-electron chi connectivity index (χ3n) is 3.65. The maximum atomic E-state index is 12.0. The van der Waals surface area contributed by atoms with E-state index < -0.39 is 5.60 Å². The molecule has 2 N–H and O–H groups in total. The van der Waals surface area contributed by atoms with E-state index in [4.69, 9.17) is 0 Å². The molecule has 1 rings (SSSR count). The number of carbonyl (C=O) groups is 2. The molecule has 0 fully saturated rings. The van der Waals surface area contributed by atoms with Crippen molar-refractivity contribution in [2.45, 2.75) is 26.4 Å². The van der Waals surface area contributed by atoms with E-state index in [0.717, 1.165) is 0 Å². The minimum absolute atomic E-state index is 0.0397. The van der Waals surface area contributed by atoms with E-state index in [0.29, 0.717) is 11.1 Å². The molecule has 1 aromatic carbocycles. The van der Waals surface area contributed by atoms with Crippen LogP contribution in [-0.4, -0.2) is 48.1 Å². The SMILES string of the molecule is CC(C)C(C)(O)CNC(=O)c1ccc(C(=O)N(C)C)cc1. The number of amides is 2. The maximum absolute atomic E-state index is 12.0. The lowest BCUT2D eigenvalue weighted by Gasteiger charge is -2.27. The number of nitrogens with zero attached hydrogens (tertiary/aromatic N) is 1. The van der Waals surface area contributed by atoms with Crippen molar-refractivity contribution >= 4 is 11.8 Å². The standard InChI is InChI=1S/C16H24N2O3/c1-11(2)16(3,21)10-17-14(19)12-6-8-13(9-7-12)15(20)18(4)5/h6-9,11,21H,10H2,1-5H3,(H,17,19). The van der Waals surface area contributed by atoms with E-state index in [2.05, 4.69) is 5.32 Å². The summed E-state index contributed by atoms with van der Waals surface area (Å²) in [5.41, 5.74) is 0.0480. The van der Waals surface area contributed by atoms with Gasteiger partial charge in [-0.1, -0.05) is 13.8 Å². The molecule has 0 aromatic heterocycles. The molecule has 2 amide bonds. The molecule has 21 heavy (non-hydrogen) atoms. The normalized spacial score (nSPS) is 13.7. The van der Waals surface area contributed by atoms with Gasteiger partial charge in [-0.25, -0.2) is 0 Å². The van der Waals surface area contributed by atoms with Crippen molar-refractivity contribution in [2.24, 2.45) is 5.92 Å². The van der Waals surface area contributed by atoms with E-state index >= 15 is 0 Å². The zero-order valence-corrected chi connectivity index (χ0v) is 13.3. The number of carbonyl (C=O) groups excluding carboxylic acids is 2. The molecule has 1 atom stereocenters. The summed E-state index contributed by atoms with van der Waals surface area (Å²) in [6.45, 7) is 5.67. The second kappa shape index (κ2) is 6.72. The fourth-order valence-corrected chi connectivity index (χ4v) is 1.59. The van der Waals surface area contributed by atoms with Gasteiger partial charge < -0.3 is 15.3 Å². The molecule has 0 spiro atoms. The number of hydrogen-bond donors (Lipinski definition) is 2. The summed E-state index contributed by atoms with van der Waals surface area (Å²) in [6.07, 6.45) is 0. The largest absolute Gasteiger partial charge is 0.388 e. The number of nitrogens with one attached hydrogen (secondary N) is 1. The van der Waals surface area contributed by atoms with Crippen LogP contribution < -0.4 is 5.32 Å². The second-order valence-corrected chi connectivity index (χ2v) is 5.97. The molecule has 0 saturated heterocycles. The first-order valence-electron chi connectivity index (χ1n) is 6.97. The zero-order chi connectivity index (χ0) is 16.2. The Kier molecular flexibility index (Phi) is 5.49. The van der Waals surface area contributed by atoms with Crippen LogP contribution in [0.25, 0.3) is 0 Å². The van der Waals surface area contributed by atoms with E-state index in [1.807, 2.05) is 13.8 Å². The third-order valence-corrected chi connectivity index (χ3v) is 3.65. The van der Waals surface area contributed by atoms with Gasteiger partial charge in [0.25, 0.3) is 11.8 Å². The topological polar surface area (TPSA) is 69.6 Å². The van der Waals surface area contributed by atoms with Crippen LogP contribution in [0.5, 0.6) is 0 Å². The lowest BCUT2D eigenvalue weighted by molar-refractivity contribution is 0.0142. The Morgan fingerprint density at radius 2 is 1.67 bits per heavy atom. The molecule has 0 bridgehead atoms. The first-order valence-corrected chi connectivity index (χ1v) is 6.97. The molecule has 5 nitrogen and oxygen atoms in total. The summed E-state index contributed by atoms with van der Waals surface area (Å²) in [4.78, 5) is 25.2. The van der Waals surface area contributed by atoms with Crippen molar-refractivity contribution in [1.82, 2.24) is 10.2 Å². The number of rotatable bonds is 5. The predicted molar refractivity (Wildman–Crippen MR) is 82.3 cm³/mol. The van der Waals surface area contributed by atoms with E-state index in [9.17, 15) is 14.7 Å². The van der Waals surface area contributed by atoms with Crippen LogP contribution >= 0.6 is 0 Å². The Labute approximate surface area is 126 Å². The number of aliphatic hydroxyl groups is 1. The maximum Gasteiger partial charge on any atom is 0.253 e. The molecule has 1 aromatic rings. The Bertz CT molecular complexity index is 505. The van der Waals surface area contributed by atoms with Gasteiger partial charge in [0, 0.05) is 31.8 Å². The third kappa shape index (κ3) is 4.56. The Balaban J connectivity index is 2.70. The van der Waals surface area contributed by atoms with Crippen molar-refractivity contribution in [3.8, 4) is 0 Å². The van der Waals surface area contributed by atoms with Gasteiger partial charge >= 0.3 is 0 Å². The number of benzene rings is 1. The summed E-state index contributed by atoms with van der Waals surface area (Å²) >= 11 is 0. The van der Waals surface area contributed by atoms with E-state index in [1.54, 1.807) is 45.3 Å².